The SMILES string of the molecule is Cc1cnc(C(=O)Nc2ccc(Nc3cc(C(C)(C)C)on3)cc2)c(C(=O)O)n1. The molecule has 0 aliphatic rings. The number of nitrogens with one attached hydrogen (secondary N) is 2. The molecule has 1 aromatic carbocycles. The van der Waals surface area contributed by atoms with Gasteiger partial charge in [-0.05, 0) is 31.2 Å². The van der Waals surface area contributed by atoms with E-state index in [4.69, 9.17) is 4.52 Å². The molecule has 0 bridgehead atoms. The quantitative estimate of drug-likeness (QED) is 0.595. The van der Waals surface area contributed by atoms with Crippen LogP contribution in [-0.4, -0.2) is 32.1 Å². The van der Waals surface area contributed by atoms with Gasteiger partial charge in [-0.1, -0.05) is 25.9 Å². The standard InChI is InChI=1S/C20H21N5O4/c1-11-10-21-16(17(22-11)19(27)28)18(26)24-13-7-5-12(6-8-13)23-15-9-14(29-25-15)20(2,3)4/h5-10H,1-4H3,(H,23,25)(H,24,26)(H,27,28). The Kier molecular flexibility index (Phi) is 5.31. The normalized spacial score (nSPS) is 11.2. The van der Waals surface area contributed by atoms with Gasteiger partial charge < -0.3 is 20.3 Å². The van der Waals surface area contributed by atoms with Crippen molar-refractivity contribution in [2.24, 2.45) is 0 Å². The number of carboxylic acid groups (broad SMARTS) is 1. The summed E-state index contributed by atoms with van der Waals surface area (Å²) in [7, 11) is 0. The zero-order valence-electron chi connectivity index (χ0n) is 16.5. The van der Waals surface area contributed by atoms with Crippen molar-refractivity contribution in [3.63, 3.8) is 0 Å². The molecule has 2 heterocycles. The molecule has 9 heteroatoms. The van der Waals surface area contributed by atoms with Crippen molar-refractivity contribution in [3.05, 3.63) is 59.4 Å². The number of aromatic nitrogens is 3. The molecular weight excluding hydrogens is 374 g/mol. The number of amides is 1. The van der Waals surface area contributed by atoms with Gasteiger partial charge in [-0.25, -0.2) is 14.8 Å². The van der Waals surface area contributed by atoms with E-state index in [-0.39, 0.29) is 16.8 Å². The van der Waals surface area contributed by atoms with Gasteiger partial charge in [-0.2, -0.15) is 0 Å². The Hall–Kier alpha value is -3.75. The number of carbonyl (C=O) groups excluding carboxylic acids is 1. The summed E-state index contributed by atoms with van der Waals surface area (Å²) in [6, 6.07) is 8.68. The Morgan fingerprint density at radius 3 is 2.31 bits per heavy atom. The van der Waals surface area contributed by atoms with Crippen LogP contribution in [0.2, 0.25) is 0 Å². The third-order valence-electron chi connectivity index (χ3n) is 3.98. The van der Waals surface area contributed by atoms with Crippen molar-refractivity contribution in [1.82, 2.24) is 15.1 Å². The topological polar surface area (TPSA) is 130 Å². The molecule has 0 atom stereocenters. The average molecular weight is 395 g/mol. The largest absolute Gasteiger partial charge is 0.476 e. The summed E-state index contributed by atoms with van der Waals surface area (Å²) in [4.78, 5) is 31.5. The number of rotatable bonds is 5. The van der Waals surface area contributed by atoms with E-state index < -0.39 is 11.9 Å². The summed E-state index contributed by atoms with van der Waals surface area (Å²) in [6.45, 7) is 7.70. The number of hydrogen-bond donors (Lipinski definition) is 3. The molecule has 0 radical (unpaired) electrons. The lowest BCUT2D eigenvalue weighted by atomic mass is 9.93. The van der Waals surface area contributed by atoms with Crippen LogP contribution in [0.1, 0.15) is 53.2 Å². The van der Waals surface area contributed by atoms with Gasteiger partial charge in [-0.3, -0.25) is 4.79 Å². The van der Waals surface area contributed by atoms with Crippen LogP contribution >= 0.6 is 0 Å². The van der Waals surface area contributed by atoms with Crippen LogP contribution in [0.15, 0.2) is 41.1 Å². The number of aryl methyl sites for hydroxylation is 1. The number of benzene rings is 1. The van der Waals surface area contributed by atoms with Gasteiger partial charge in [0.1, 0.15) is 5.76 Å². The highest BCUT2D eigenvalue weighted by atomic mass is 16.5. The van der Waals surface area contributed by atoms with Crippen molar-refractivity contribution in [2.45, 2.75) is 33.1 Å². The van der Waals surface area contributed by atoms with Crippen LogP contribution in [-0.2, 0) is 5.41 Å². The van der Waals surface area contributed by atoms with Gasteiger partial charge in [0.05, 0.1) is 5.69 Å². The Labute approximate surface area is 167 Å². The number of hydrogen-bond acceptors (Lipinski definition) is 7. The molecule has 0 unspecified atom stereocenters. The molecular formula is C20H21N5O4. The summed E-state index contributed by atoms with van der Waals surface area (Å²) in [5, 5.41) is 19.0. The predicted molar refractivity (Wildman–Crippen MR) is 107 cm³/mol. The van der Waals surface area contributed by atoms with Crippen molar-refractivity contribution < 1.29 is 19.2 Å². The first-order valence-electron chi connectivity index (χ1n) is 8.86. The molecule has 3 aromatic rings. The summed E-state index contributed by atoms with van der Waals surface area (Å²) in [5.41, 5.74) is 0.864. The van der Waals surface area contributed by atoms with Crippen molar-refractivity contribution in [3.8, 4) is 0 Å². The van der Waals surface area contributed by atoms with E-state index in [0.717, 1.165) is 11.4 Å². The lowest BCUT2D eigenvalue weighted by molar-refractivity contribution is 0.0684. The molecule has 3 N–H and O–H groups in total. The van der Waals surface area contributed by atoms with Crippen molar-refractivity contribution in [1.29, 1.82) is 0 Å². The maximum atomic E-state index is 12.4. The molecule has 29 heavy (non-hydrogen) atoms. The van der Waals surface area contributed by atoms with E-state index >= 15 is 0 Å². The Bertz CT molecular complexity index is 1050. The van der Waals surface area contributed by atoms with E-state index in [0.29, 0.717) is 17.2 Å². The van der Waals surface area contributed by atoms with Crippen molar-refractivity contribution >= 4 is 29.1 Å². The molecule has 2 aromatic heterocycles. The fourth-order valence-electron chi connectivity index (χ4n) is 2.46. The second-order valence-corrected chi connectivity index (χ2v) is 7.50. The van der Waals surface area contributed by atoms with Crippen LogP contribution in [0.4, 0.5) is 17.2 Å². The molecule has 9 nitrogen and oxygen atoms in total. The molecule has 0 fully saturated rings. The van der Waals surface area contributed by atoms with E-state index in [2.05, 4.69) is 25.8 Å². The fraction of sp³-hybridized carbons (Fsp3) is 0.250. The van der Waals surface area contributed by atoms with E-state index in [1.807, 2.05) is 26.8 Å². The minimum atomic E-state index is -1.31. The third-order valence-corrected chi connectivity index (χ3v) is 3.98. The van der Waals surface area contributed by atoms with E-state index in [1.54, 1.807) is 31.2 Å². The fourth-order valence-corrected chi connectivity index (χ4v) is 2.46. The van der Waals surface area contributed by atoms with Crippen LogP contribution in [0.25, 0.3) is 0 Å². The Morgan fingerprint density at radius 2 is 1.72 bits per heavy atom. The highest BCUT2D eigenvalue weighted by Gasteiger charge is 2.21. The molecule has 3 rings (SSSR count). The second-order valence-electron chi connectivity index (χ2n) is 7.50. The number of anilines is 3. The van der Waals surface area contributed by atoms with Gasteiger partial charge in [-0.15, -0.1) is 0 Å². The van der Waals surface area contributed by atoms with Gasteiger partial charge in [0.15, 0.2) is 17.2 Å². The third kappa shape index (κ3) is 4.75. The summed E-state index contributed by atoms with van der Waals surface area (Å²) in [5.74, 6) is -0.625. The minimum Gasteiger partial charge on any atom is -0.476 e. The maximum absolute atomic E-state index is 12.4. The second kappa shape index (κ2) is 7.70. The number of carboxylic acids is 1. The van der Waals surface area contributed by atoms with Crippen LogP contribution in [0.3, 0.4) is 0 Å². The monoisotopic (exact) mass is 395 g/mol. The van der Waals surface area contributed by atoms with Crippen LogP contribution < -0.4 is 10.6 Å². The molecule has 0 saturated heterocycles. The molecule has 0 aliphatic carbocycles. The Morgan fingerprint density at radius 1 is 1.07 bits per heavy atom. The van der Waals surface area contributed by atoms with E-state index in [9.17, 15) is 14.7 Å². The van der Waals surface area contributed by atoms with Crippen LogP contribution in [0.5, 0.6) is 0 Å². The highest BCUT2D eigenvalue weighted by Crippen LogP contribution is 2.26. The molecule has 1 amide bonds. The summed E-state index contributed by atoms with van der Waals surface area (Å²) < 4.78 is 5.34. The number of nitrogens with zero attached hydrogens (tertiary/aromatic N) is 3. The lowest BCUT2D eigenvalue weighted by Gasteiger charge is -2.12. The van der Waals surface area contributed by atoms with E-state index in [1.165, 1.54) is 6.20 Å². The Balaban J connectivity index is 1.70. The van der Waals surface area contributed by atoms with Gasteiger partial charge in [0.25, 0.3) is 5.91 Å². The molecule has 0 saturated carbocycles. The van der Waals surface area contributed by atoms with Gasteiger partial charge in [0, 0.05) is 29.1 Å². The first-order valence-corrected chi connectivity index (χ1v) is 8.86. The molecule has 0 aliphatic heterocycles. The maximum Gasteiger partial charge on any atom is 0.356 e. The average Bonchev–Trinajstić information content (AvgIpc) is 3.12. The zero-order chi connectivity index (χ0) is 21.2. The van der Waals surface area contributed by atoms with Crippen molar-refractivity contribution in [2.75, 3.05) is 10.6 Å². The molecule has 150 valence electrons. The first-order chi connectivity index (χ1) is 13.6. The first kappa shape index (κ1) is 20.0. The van der Waals surface area contributed by atoms with Gasteiger partial charge in [0.2, 0.25) is 0 Å². The smallest absolute Gasteiger partial charge is 0.356 e. The minimum absolute atomic E-state index is 0.144. The lowest BCUT2D eigenvalue weighted by Crippen LogP contribution is -2.20. The molecule has 0 spiro atoms. The summed E-state index contributed by atoms with van der Waals surface area (Å²) in [6.07, 6.45) is 1.35. The predicted octanol–water partition coefficient (Wildman–Crippen LogP) is 3.76. The number of aromatic carboxylic acids is 1. The zero-order valence-corrected chi connectivity index (χ0v) is 16.5. The summed E-state index contributed by atoms with van der Waals surface area (Å²) >= 11 is 0. The highest BCUT2D eigenvalue weighted by molar-refractivity contribution is 6.08. The van der Waals surface area contributed by atoms with Gasteiger partial charge >= 0.3 is 5.97 Å². The number of carbonyl (C=O) groups is 2. The van der Waals surface area contributed by atoms with Crippen LogP contribution in [0, 0.1) is 6.92 Å².